The normalized spacial score (nSPS) is 18.8. The molecule has 0 bridgehead atoms. The Labute approximate surface area is 188 Å². The molecule has 9 nitrogen and oxygen atoms in total. The molecule has 32 heavy (non-hydrogen) atoms. The van der Waals surface area contributed by atoms with Crippen molar-refractivity contribution in [3.05, 3.63) is 47.9 Å². The van der Waals surface area contributed by atoms with Gasteiger partial charge in [-0.05, 0) is 51.8 Å². The van der Waals surface area contributed by atoms with Crippen molar-refractivity contribution in [2.45, 2.75) is 58.5 Å². The van der Waals surface area contributed by atoms with Crippen LogP contribution in [-0.4, -0.2) is 55.3 Å². The fraction of sp³-hybridized carbons (Fsp3) is 0.522. The largest absolute Gasteiger partial charge is 0.356 e. The molecule has 0 aromatic carbocycles. The highest BCUT2D eigenvalue weighted by Crippen LogP contribution is 2.26. The Balaban J connectivity index is 1.44. The van der Waals surface area contributed by atoms with Gasteiger partial charge in [-0.3, -0.25) is 19.4 Å². The average Bonchev–Trinajstić information content (AvgIpc) is 3.43. The Kier molecular flexibility index (Phi) is 7.26. The summed E-state index contributed by atoms with van der Waals surface area (Å²) in [5, 5.41) is 11.7. The highest BCUT2D eigenvalue weighted by Gasteiger charge is 2.22. The molecule has 9 heteroatoms. The molecular formula is C23H31N7O2. The lowest BCUT2D eigenvalue weighted by Gasteiger charge is -2.22. The third-order valence-electron chi connectivity index (χ3n) is 6.11. The number of aromatic nitrogens is 5. The Morgan fingerprint density at radius 1 is 1.25 bits per heavy atom. The van der Waals surface area contributed by atoms with Crippen molar-refractivity contribution in [2.24, 2.45) is 0 Å². The van der Waals surface area contributed by atoms with Gasteiger partial charge in [0, 0.05) is 67.7 Å². The van der Waals surface area contributed by atoms with Crippen molar-refractivity contribution in [1.82, 2.24) is 35.1 Å². The average molecular weight is 438 g/mol. The summed E-state index contributed by atoms with van der Waals surface area (Å²) in [7, 11) is 0. The minimum atomic E-state index is 0.0817. The second kappa shape index (κ2) is 10.5. The topological polar surface area (TPSA) is 102 Å². The highest BCUT2D eigenvalue weighted by atomic mass is 16.5. The molecule has 0 saturated carbocycles. The van der Waals surface area contributed by atoms with Crippen molar-refractivity contribution in [2.75, 3.05) is 19.6 Å². The Bertz CT molecular complexity index is 1010. The van der Waals surface area contributed by atoms with Crippen LogP contribution in [-0.2, 0) is 17.9 Å². The van der Waals surface area contributed by atoms with Crippen molar-refractivity contribution >= 4 is 5.91 Å². The molecule has 1 aliphatic heterocycles. The first kappa shape index (κ1) is 22.1. The van der Waals surface area contributed by atoms with E-state index in [1.807, 2.05) is 23.0 Å². The predicted octanol–water partition coefficient (Wildman–Crippen LogP) is 2.93. The number of amides is 1. The van der Waals surface area contributed by atoms with E-state index in [9.17, 15) is 4.79 Å². The minimum absolute atomic E-state index is 0.0817. The molecular weight excluding hydrogens is 406 g/mol. The van der Waals surface area contributed by atoms with Crippen LogP contribution in [0, 0.1) is 6.92 Å². The fourth-order valence-electron chi connectivity index (χ4n) is 4.17. The van der Waals surface area contributed by atoms with Crippen LogP contribution in [0.1, 0.15) is 55.7 Å². The molecule has 0 spiro atoms. The predicted molar refractivity (Wildman–Crippen MR) is 120 cm³/mol. The summed E-state index contributed by atoms with van der Waals surface area (Å²) in [5.41, 5.74) is 3.25. The Morgan fingerprint density at radius 2 is 2.16 bits per heavy atom. The number of aryl methyl sites for hydroxylation is 1. The van der Waals surface area contributed by atoms with Gasteiger partial charge in [0.15, 0.2) is 0 Å². The smallest absolute Gasteiger partial charge is 0.230 e. The van der Waals surface area contributed by atoms with Gasteiger partial charge in [0.25, 0.3) is 0 Å². The molecule has 1 unspecified atom stereocenters. The Hall–Kier alpha value is -3.07. The van der Waals surface area contributed by atoms with Crippen LogP contribution in [0.4, 0.5) is 0 Å². The first-order valence-electron chi connectivity index (χ1n) is 11.4. The van der Waals surface area contributed by atoms with E-state index in [1.165, 1.54) is 11.3 Å². The lowest BCUT2D eigenvalue weighted by molar-refractivity contribution is -0.121. The van der Waals surface area contributed by atoms with E-state index in [0.717, 1.165) is 51.0 Å². The molecule has 0 aliphatic carbocycles. The SMILES string of the molecule is CCn1ncc(CN2CCCC(c3nc(-c4cccnc4)no3)CCNC(=O)CC2)c1C. The number of nitrogens with one attached hydrogen (secondary N) is 1. The molecule has 1 fully saturated rings. The molecule has 1 atom stereocenters. The summed E-state index contributed by atoms with van der Waals surface area (Å²) in [5.74, 6) is 1.37. The maximum Gasteiger partial charge on any atom is 0.230 e. The number of hydrogen-bond donors (Lipinski definition) is 1. The zero-order valence-corrected chi connectivity index (χ0v) is 18.8. The van der Waals surface area contributed by atoms with Gasteiger partial charge in [-0.15, -0.1) is 0 Å². The van der Waals surface area contributed by atoms with Crippen LogP contribution in [0.5, 0.6) is 0 Å². The molecule has 3 aromatic heterocycles. The summed E-state index contributed by atoms with van der Waals surface area (Å²) in [4.78, 5) is 23.5. The summed E-state index contributed by atoms with van der Waals surface area (Å²) >= 11 is 0. The summed E-state index contributed by atoms with van der Waals surface area (Å²) in [6, 6.07) is 3.77. The first-order valence-corrected chi connectivity index (χ1v) is 11.4. The molecule has 170 valence electrons. The highest BCUT2D eigenvalue weighted by molar-refractivity contribution is 5.76. The van der Waals surface area contributed by atoms with E-state index >= 15 is 0 Å². The third-order valence-corrected chi connectivity index (χ3v) is 6.11. The van der Waals surface area contributed by atoms with Crippen LogP contribution >= 0.6 is 0 Å². The van der Waals surface area contributed by atoms with E-state index in [4.69, 9.17) is 4.52 Å². The van der Waals surface area contributed by atoms with Crippen molar-refractivity contribution < 1.29 is 9.32 Å². The van der Waals surface area contributed by atoms with E-state index in [-0.39, 0.29) is 11.8 Å². The number of carbonyl (C=O) groups excluding carboxylic acids is 1. The molecule has 1 aliphatic rings. The monoisotopic (exact) mass is 437 g/mol. The lowest BCUT2D eigenvalue weighted by atomic mass is 9.99. The fourth-order valence-corrected chi connectivity index (χ4v) is 4.17. The van der Waals surface area contributed by atoms with Crippen molar-refractivity contribution in [1.29, 1.82) is 0 Å². The molecule has 1 N–H and O–H groups in total. The lowest BCUT2D eigenvalue weighted by Crippen LogP contribution is -2.31. The molecule has 4 rings (SSSR count). The van der Waals surface area contributed by atoms with E-state index in [1.54, 1.807) is 12.4 Å². The summed E-state index contributed by atoms with van der Waals surface area (Å²) in [6.45, 7) is 8.12. The van der Waals surface area contributed by atoms with Crippen LogP contribution in [0.25, 0.3) is 11.4 Å². The molecule has 3 aromatic rings. The number of nitrogens with zero attached hydrogens (tertiary/aromatic N) is 6. The maximum atomic E-state index is 12.3. The van der Waals surface area contributed by atoms with Crippen molar-refractivity contribution in [3.63, 3.8) is 0 Å². The van der Waals surface area contributed by atoms with Crippen LogP contribution in [0.3, 0.4) is 0 Å². The number of pyridine rings is 1. The zero-order chi connectivity index (χ0) is 22.3. The van der Waals surface area contributed by atoms with Gasteiger partial charge in [-0.25, -0.2) is 0 Å². The van der Waals surface area contributed by atoms with Crippen LogP contribution in [0.15, 0.2) is 35.2 Å². The van der Waals surface area contributed by atoms with Gasteiger partial charge >= 0.3 is 0 Å². The van der Waals surface area contributed by atoms with Crippen LogP contribution in [0.2, 0.25) is 0 Å². The minimum Gasteiger partial charge on any atom is -0.356 e. The maximum absolute atomic E-state index is 12.3. The second-order valence-corrected chi connectivity index (χ2v) is 8.27. The molecule has 1 amide bonds. The van der Waals surface area contributed by atoms with Gasteiger partial charge in [-0.1, -0.05) is 5.16 Å². The van der Waals surface area contributed by atoms with Crippen molar-refractivity contribution in [3.8, 4) is 11.4 Å². The Morgan fingerprint density at radius 3 is 2.94 bits per heavy atom. The van der Waals surface area contributed by atoms with Gasteiger partial charge in [-0.2, -0.15) is 10.1 Å². The first-order chi connectivity index (χ1) is 15.6. The van der Waals surface area contributed by atoms with Gasteiger partial charge < -0.3 is 9.84 Å². The number of rotatable bonds is 5. The molecule has 0 radical (unpaired) electrons. The van der Waals surface area contributed by atoms with E-state index in [0.29, 0.717) is 24.7 Å². The number of carbonyl (C=O) groups is 1. The van der Waals surface area contributed by atoms with Gasteiger partial charge in [0.05, 0.1) is 6.20 Å². The molecule has 1 saturated heterocycles. The number of hydrogen-bond acceptors (Lipinski definition) is 7. The zero-order valence-electron chi connectivity index (χ0n) is 18.8. The summed E-state index contributed by atoms with van der Waals surface area (Å²) < 4.78 is 7.63. The quantitative estimate of drug-likeness (QED) is 0.655. The van der Waals surface area contributed by atoms with Gasteiger partial charge in [0.1, 0.15) is 0 Å². The standard InChI is InChI=1S/C23H31N7O2/c1-3-30-17(2)20(15-26-30)16-29-12-5-7-18(8-11-25-21(31)9-13-29)23-27-22(28-32-23)19-6-4-10-24-14-19/h4,6,10,14-15,18H,3,5,7-9,11-13,16H2,1-2H3,(H,25,31). The summed E-state index contributed by atoms with van der Waals surface area (Å²) in [6.07, 6.45) is 8.59. The molecule has 4 heterocycles. The van der Waals surface area contributed by atoms with Gasteiger partial charge in [0.2, 0.25) is 17.6 Å². The van der Waals surface area contributed by atoms with E-state index < -0.39 is 0 Å². The second-order valence-electron chi connectivity index (χ2n) is 8.27. The van der Waals surface area contributed by atoms with E-state index in [2.05, 4.69) is 44.3 Å². The third kappa shape index (κ3) is 5.40. The van der Waals surface area contributed by atoms with Crippen LogP contribution < -0.4 is 5.32 Å².